The van der Waals surface area contributed by atoms with E-state index in [0.717, 1.165) is 19.4 Å². The molecule has 2 rings (SSSR count). The van der Waals surface area contributed by atoms with Gasteiger partial charge in [-0.3, -0.25) is 0 Å². The number of ether oxygens (including phenoxy) is 3. The lowest BCUT2D eigenvalue weighted by molar-refractivity contribution is 0.0681. The fraction of sp³-hybridized carbons (Fsp3) is 0.500. The normalized spacial score (nSPS) is 19.7. The fourth-order valence-corrected chi connectivity index (χ4v) is 1.79. The minimum Gasteiger partial charge on any atom is -0.494 e. The van der Waals surface area contributed by atoms with Gasteiger partial charge in [-0.15, -0.1) is 0 Å². The van der Waals surface area contributed by atoms with Crippen LogP contribution in [0, 0.1) is 0 Å². The Labute approximate surface area is 95.3 Å². The SMILES string of the molecule is COc1cccc(OCC2CCCO2)c1N. The molecule has 0 amide bonds. The van der Waals surface area contributed by atoms with E-state index < -0.39 is 0 Å². The number of rotatable bonds is 4. The summed E-state index contributed by atoms with van der Waals surface area (Å²) in [7, 11) is 1.59. The molecule has 4 nitrogen and oxygen atoms in total. The number of hydrogen-bond acceptors (Lipinski definition) is 4. The minimum atomic E-state index is 0.200. The first-order valence-corrected chi connectivity index (χ1v) is 5.48. The summed E-state index contributed by atoms with van der Waals surface area (Å²) >= 11 is 0. The molecular weight excluding hydrogens is 206 g/mol. The van der Waals surface area contributed by atoms with Crippen molar-refractivity contribution in [1.82, 2.24) is 0 Å². The van der Waals surface area contributed by atoms with E-state index in [2.05, 4.69) is 0 Å². The van der Waals surface area contributed by atoms with Gasteiger partial charge in [0, 0.05) is 6.61 Å². The van der Waals surface area contributed by atoms with Crippen molar-refractivity contribution < 1.29 is 14.2 Å². The highest BCUT2D eigenvalue weighted by Crippen LogP contribution is 2.31. The second kappa shape index (κ2) is 5.07. The van der Waals surface area contributed by atoms with E-state index in [1.54, 1.807) is 7.11 Å². The van der Waals surface area contributed by atoms with Crippen molar-refractivity contribution in [3.05, 3.63) is 18.2 Å². The summed E-state index contributed by atoms with van der Waals surface area (Å²) in [6, 6.07) is 5.51. The molecule has 0 bridgehead atoms. The van der Waals surface area contributed by atoms with Gasteiger partial charge >= 0.3 is 0 Å². The zero-order valence-electron chi connectivity index (χ0n) is 9.44. The summed E-state index contributed by atoms with van der Waals surface area (Å²) < 4.78 is 16.2. The van der Waals surface area contributed by atoms with Gasteiger partial charge in [0.1, 0.15) is 23.8 Å². The Morgan fingerprint density at radius 1 is 1.44 bits per heavy atom. The van der Waals surface area contributed by atoms with Crippen LogP contribution in [0.4, 0.5) is 5.69 Å². The quantitative estimate of drug-likeness (QED) is 0.791. The Morgan fingerprint density at radius 2 is 2.25 bits per heavy atom. The molecule has 0 saturated carbocycles. The molecule has 0 radical (unpaired) electrons. The predicted molar refractivity (Wildman–Crippen MR) is 61.9 cm³/mol. The number of hydrogen-bond donors (Lipinski definition) is 1. The van der Waals surface area contributed by atoms with Crippen molar-refractivity contribution in [2.75, 3.05) is 26.1 Å². The van der Waals surface area contributed by atoms with Crippen LogP contribution < -0.4 is 15.2 Å². The van der Waals surface area contributed by atoms with Crippen LogP contribution in [0.15, 0.2) is 18.2 Å². The van der Waals surface area contributed by atoms with Crippen molar-refractivity contribution >= 4 is 5.69 Å². The lowest BCUT2D eigenvalue weighted by Crippen LogP contribution is -2.16. The fourth-order valence-electron chi connectivity index (χ4n) is 1.79. The van der Waals surface area contributed by atoms with Gasteiger partial charge in [0.05, 0.1) is 13.2 Å². The molecule has 16 heavy (non-hydrogen) atoms. The summed E-state index contributed by atoms with van der Waals surface area (Å²) in [5, 5.41) is 0. The third-order valence-electron chi connectivity index (χ3n) is 2.69. The van der Waals surface area contributed by atoms with E-state index in [1.807, 2.05) is 18.2 Å². The van der Waals surface area contributed by atoms with Gasteiger partial charge in [-0.2, -0.15) is 0 Å². The molecule has 1 unspecified atom stereocenters. The smallest absolute Gasteiger partial charge is 0.146 e. The Kier molecular flexibility index (Phi) is 3.51. The van der Waals surface area contributed by atoms with Gasteiger partial charge in [-0.05, 0) is 25.0 Å². The van der Waals surface area contributed by atoms with Gasteiger partial charge in [0.2, 0.25) is 0 Å². The van der Waals surface area contributed by atoms with Crippen molar-refractivity contribution in [2.24, 2.45) is 0 Å². The van der Waals surface area contributed by atoms with E-state index in [-0.39, 0.29) is 6.10 Å². The molecule has 1 aromatic rings. The first kappa shape index (κ1) is 11.1. The van der Waals surface area contributed by atoms with E-state index in [0.29, 0.717) is 23.8 Å². The van der Waals surface area contributed by atoms with E-state index >= 15 is 0 Å². The standard InChI is InChI=1S/C12H17NO3/c1-14-10-5-2-6-11(12(10)13)16-8-9-4-3-7-15-9/h2,5-6,9H,3-4,7-8,13H2,1H3. The van der Waals surface area contributed by atoms with Crippen LogP contribution in [0.2, 0.25) is 0 Å². The summed E-state index contributed by atoms with van der Waals surface area (Å²) in [6.07, 6.45) is 2.37. The highest BCUT2D eigenvalue weighted by molar-refractivity contribution is 5.62. The highest BCUT2D eigenvalue weighted by Gasteiger charge is 2.17. The second-order valence-corrected chi connectivity index (χ2v) is 3.82. The topological polar surface area (TPSA) is 53.7 Å². The number of nitrogen functional groups attached to an aromatic ring is 1. The molecule has 1 aromatic carbocycles. The molecule has 0 aliphatic carbocycles. The molecule has 88 valence electrons. The molecule has 2 N–H and O–H groups in total. The van der Waals surface area contributed by atoms with Gasteiger partial charge in [-0.1, -0.05) is 6.07 Å². The Hall–Kier alpha value is -1.42. The van der Waals surface area contributed by atoms with Gasteiger partial charge in [-0.25, -0.2) is 0 Å². The lowest BCUT2D eigenvalue weighted by Gasteiger charge is -2.14. The minimum absolute atomic E-state index is 0.200. The Balaban J connectivity index is 1.97. The van der Waals surface area contributed by atoms with Crippen molar-refractivity contribution in [1.29, 1.82) is 0 Å². The highest BCUT2D eigenvalue weighted by atomic mass is 16.5. The molecule has 0 aromatic heterocycles. The predicted octanol–water partition coefficient (Wildman–Crippen LogP) is 1.84. The maximum absolute atomic E-state index is 5.89. The molecule has 1 atom stereocenters. The monoisotopic (exact) mass is 223 g/mol. The molecule has 1 saturated heterocycles. The van der Waals surface area contributed by atoms with E-state index in [4.69, 9.17) is 19.9 Å². The molecule has 4 heteroatoms. The number of nitrogens with two attached hydrogens (primary N) is 1. The number of anilines is 1. The first-order valence-electron chi connectivity index (χ1n) is 5.48. The van der Waals surface area contributed by atoms with Crippen molar-refractivity contribution in [3.8, 4) is 11.5 Å². The molecule has 1 aliphatic rings. The van der Waals surface area contributed by atoms with Crippen molar-refractivity contribution in [3.63, 3.8) is 0 Å². The average molecular weight is 223 g/mol. The van der Waals surface area contributed by atoms with Crippen LogP contribution in [-0.2, 0) is 4.74 Å². The third-order valence-corrected chi connectivity index (χ3v) is 2.69. The maximum atomic E-state index is 5.89. The maximum Gasteiger partial charge on any atom is 0.146 e. The van der Waals surface area contributed by atoms with E-state index in [9.17, 15) is 0 Å². The first-order chi connectivity index (χ1) is 7.81. The Bertz CT molecular complexity index is 348. The lowest BCUT2D eigenvalue weighted by atomic mass is 10.2. The second-order valence-electron chi connectivity index (χ2n) is 3.82. The Morgan fingerprint density at radius 3 is 2.94 bits per heavy atom. The average Bonchev–Trinajstić information content (AvgIpc) is 2.81. The van der Waals surface area contributed by atoms with Gasteiger partial charge in [0.25, 0.3) is 0 Å². The molecule has 1 fully saturated rings. The largest absolute Gasteiger partial charge is 0.494 e. The van der Waals surface area contributed by atoms with E-state index in [1.165, 1.54) is 0 Å². The molecule has 0 spiro atoms. The zero-order chi connectivity index (χ0) is 11.4. The van der Waals surface area contributed by atoms with Crippen LogP contribution in [0.3, 0.4) is 0 Å². The summed E-state index contributed by atoms with van der Waals surface area (Å²) in [4.78, 5) is 0. The third kappa shape index (κ3) is 2.39. The van der Waals surface area contributed by atoms with Crippen molar-refractivity contribution in [2.45, 2.75) is 18.9 Å². The summed E-state index contributed by atoms with van der Waals surface area (Å²) in [6.45, 7) is 1.39. The van der Waals surface area contributed by atoms with Gasteiger partial charge < -0.3 is 19.9 Å². The van der Waals surface area contributed by atoms with Crippen LogP contribution in [-0.4, -0.2) is 26.4 Å². The molecule has 1 aliphatic heterocycles. The number of benzene rings is 1. The number of para-hydroxylation sites is 1. The summed E-state index contributed by atoms with van der Waals surface area (Å²) in [5.74, 6) is 1.31. The van der Waals surface area contributed by atoms with Crippen LogP contribution in [0.5, 0.6) is 11.5 Å². The van der Waals surface area contributed by atoms with Crippen LogP contribution in [0.1, 0.15) is 12.8 Å². The molecular formula is C12H17NO3. The van der Waals surface area contributed by atoms with Gasteiger partial charge in [0.15, 0.2) is 0 Å². The van der Waals surface area contributed by atoms with Crippen LogP contribution >= 0.6 is 0 Å². The zero-order valence-corrected chi connectivity index (χ0v) is 9.44. The summed E-state index contributed by atoms with van der Waals surface area (Å²) in [5.41, 5.74) is 6.43. The van der Waals surface area contributed by atoms with Crippen LogP contribution in [0.25, 0.3) is 0 Å². The number of methoxy groups -OCH3 is 1. The molecule has 1 heterocycles.